The van der Waals surface area contributed by atoms with Gasteiger partial charge in [0.25, 0.3) is 5.56 Å². The average Bonchev–Trinajstić information content (AvgIpc) is 3.25. The van der Waals surface area contributed by atoms with E-state index in [1.165, 1.54) is 17.7 Å². The van der Waals surface area contributed by atoms with E-state index in [2.05, 4.69) is 10.1 Å². The number of carbonyl (C=O) groups is 1. The van der Waals surface area contributed by atoms with Crippen molar-refractivity contribution in [2.45, 2.75) is 26.3 Å². The maximum absolute atomic E-state index is 12.0. The van der Waals surface area contributed by atoms with Crippen LogP contribution in [0.2, 0.25) is 0 Å². The fourth-order valence-electron chi connectivity index (χ4n) is 2.16. The molecule has 0 radical (unpaired) electrons. The molecule has 1 fully saturated rings. The van der Waals surface area contributed by atoms with Crippen LogP contribution in [0.15, 0.2) is 35.4 Å². The molecule has 5 heteroatoms. The first-order valence-electron chi connectivity index (χ1n) is 6.68. The minimum absolute atomic E-state index is 0.153. The smallest absolute Gasteiger partial charge is 0.267 e. The summed E-state index contributed by atoms with van der Waals surface area (Å²) in [5.41, 5.74) is 1.52. The van der Waals surface area contributed by atoms with Crippen LogP contribution in [0.25, 0.3) is 11.3 Å². The predicted octanol–water partition coefficient (Wildman–Crippen LogP) is 1.92. The van der Waals surface area contributed by atoms with Gasteiger partial charge in [-0.3, -0.25) is 14.6 Å². The van der Waals surface area contributed by atoms with E-state index < -0.39 is 0 Å². The van der Waals surface area contributed by atoms with E-state index in [-0.39, 0.29) is 11.3 Å². The van der Waals surface area contributed by atoms with E-state index in [0.29, 0.717) is 23.7 Å². The molecule has 0 atom stereocenters. The molecule has 0 amide bonds. The largest absolute Gasteiger partial charge is 0.294 e. The van der Waals surface area contributed by atoms with Gasteiger partial charge >= 0.3 is 0 Å². The van der Waals surface area contributed by atoms with E-state index in [1.807, 2.05) is 0 Å². The molecule has 0 N–H and O–H groups in total. The van der Waals surface area contributed by atoms with Crippen LogP contribution in [0.3, 0.4) is 0 Å². The van der Waals surface area contributed by atoms with Crippen LogP contribution in [0.1, 0.15) is 30.1 Å². The Labute approximate surface area is 116 Å². The highest BCUT2D eigenvalue weighted by Crippen LogP contribution is 2.30. The van der Waals surface area contributed by atoms with Crippen LogP contribution in [0.5, 0.6) is 0 Å². The molecule has 2 aromatic rings. The lowest BCUT2D eigenvalue weighted by Gasteiger charge is -2.10. The number of rotatable bonds is 4. The molecule has 0 unspecified atom stereocenters. The topological polar surface area (TPSA) is 64.8 Å². The minimum Gasteiger partial charge on any atom is -0.294 e. The Hall–Kier alpha value is -2.30. The highest BCUT2D eigenvalue weighted by molar-refractivity contribution is 5.99. The summed E-state index contributed by atoms with van der Waals surface area (Å²) >= 11 is 0. The number of aromatic nitrogens is 3. The second-order valence-corrected chi connectivity index (χ2v) is 5.16. The molecule has 5 nitrogen and oxygen atoms in total. The predicted molar refractivity (Wildman–Crippen MR) is 74.5 cm³/mol. The Morgan fingerprint density at radius 1 is 1.35 bits per heavy atom. The number of hydrogen-bond donors (Lipinski definition) is 0. The van der Waals surface area contributed by atoms with E-state index in [0.717, 1.165) is 18.4 Å². The van der Waals surface area contributed by atoms with Gasteiger partial charge in [0.2, 0.25) is 0 Å². The molecule has 3 rings (SSSR count). The first-order valence-corrected chi connectivity index (χ1v) is 6.68. The van der Waals surface area contributed by atoms with Crippen molar-refractivity contribution in [1.82, 2.24) is 14.8 Å². The third kappa shape index (κ3) is 2.52. The van der Waals surface area contributed by atoms with Gasteiger partial charge < -0.3 is 0 Å². The summed E-state index contributed by atoms with van der Waals surface area (Å²) in [5, 5.41) is 4.40. The van der Waals surface area contributed by atoms with Crippen LogP contribution < -0.4 is 5.56 Å². The van der Waals surface area contributed by atoms with Gasteiger partial charge in [-0.15, -0.1) is 0 Å². The Bertz CT molecular complexity index is 703. The molecule has 0 spiro atoms. The number of carbonyl (C=O) groups excluding carboxylic acids is 1. The number of ketones is 1. The van der Waals surface area contributed by atoms with Gasteiger partial charge in [-0.25, -0.2) is 4.68 Å². The lowest BCUT2D eigenvalue weighted by atomic mass is 10.1. The maximum Gasteiger partial charge on any atom is 0.267 e. The molecule has 2 aromatic heterocycles. The second-order valence-electron chi connectivity index (χ2n) is 5.16. The van der Waals surface area contributed by atoms with Crippen LogP contribution >= 0.6 is 0 Å². The Morgan fingerprint density at radius 2 is 2.05 bits per heavy atom. The second kappa shape index (κ2) is 5.00. The van der Waals surface area contributed by atoms with Gasteiger partial charge in [0.1, 0.15) is 5.69 Å². The molecule has 1 aliphatic carbocycles. The molecule has 2 heterocycles. The zero-order valence-electron chi connectivity index (χ0n) is 11.2. The van der Waals surface area contributed by atoms with E-state index in [4.69, 9.17) is 0 Å². The van der Waals surface area contributed by atoms with E-state index in [9.17, 15) is 9.59 Å². The molecule has 1 aliphatic rings. The molecular formula is C15H15N3O2. The standard InChI is InChI=1S/C15H15N3O2/c1-10(19)13-8-14(20)18(9-11-2-3-11)17-15(13)12-4-6-16-7-5-12/h4-8,11H,2-3,9H2,1H3. The normalized spacial score (nSPS) is 14.2. The van der Waals surface area contributed by atoms with Crippen molar-refractivity contribution in [3.05, 3.63) is 46.5 Å². The van der Waals surface area contributed by atoms with Crippen LogP contribution in [0, 0.1) is 5.92 Å². The van der Waals surface area contributed by atoms with E-state index >= 15 is 0 Å². The maximum atomic E-state index is 12.0. The van der Waals surface area contributed by atoms with Crippen molar-refractivity contribution in [3.8, 4) is 11.3 Å². The number of pyridine rings is 1. The summed E-state index contributed by atoms with van der Waals surface area (Å²) in [5.74, 6) is 0.397. The molecule has 1 saturated carbocycles. The van der Waals surface area contributed by atoms with Crippen molar-refractivity contribution < 1.29 is 4.79 Å². The molecule has 20 heavy (non-hydrogen) atoms. The van der Waals surface area contributed by atoms with Crippen molar-refractivity contribution in [1.29, 1.82) is 0 Å². The quantitative estimate of drug-likeness (QED) is 0.795. The van der Waals surface area contributed by atoms with Gasteiger partial charge in [0, 0.05) is 30.6 Å². The Balaban J connectivity index is 2.13. The Kier molecular flexibility index (Phi) is 3.18. The highest BCUT2D eigenvalue weighted by Gasteiger charge is 2.23. The lowest BCUT2D eigenvalue weighted by molar-refractivity contribution is 0.101. The summed E-state index contributed by atoms with van der Waals surface area (Å²) in [7, 11) is 0. The summed E-state index contributed by atoms with van der Waals surface area (Å²) in [4.78, 5) is 27.7. The zero-order valence-corrected chi connectivity index (χ0v) is 11.2. The van der Waals surface area contributed by atoms with Crippen molar-refractivity contribution in [2.24, 2.45) is 5.92 Å². The van der Waals surface area contributed by atoms with Gasteiger partial charge in [0.05, 0.1) is 5.56 Å². The molecular weight excluding hydrogens is 254 g/mol. The molecule has 0 aliphatic heterocycles. The summed E-state index contributed by atoms with van der Waals surface area (Å²) in [6.45, 7) is 2.08. The molecule has 0 bridgehead atoms. The first-order chi connectivity index (χ1) is 9.65. The van der Waals surface area contributed by atoms with Crippen LogP contribution in [-0.4, -0.2) is 20.5 Å². The number of hydrogen-bond acceptors (Lipinski definition) is 4. The fraction of sp³-hybridized carbons (Fsp3) is 0.333. The lowest BCUT2D eigenvalue weighted by Crippen LogP contribution is -2.25. The summed E-state index contributed by atoms with van der Waals surface area (Å²) in [6.07, 6.45) is 5.59. The van der Waals surface area contributed by atoms with Gasteiger partial charge in [-0.1, -0.05) is 0 Å². The summed E-state index contributed by atoms with van der Waals surface area (Å²) in [6, 6.07) is 4.98. The molecule has 0 aromatic carbocycles. The zero-order chi connectivity index (χ0) is 14.1. The average molecular weight is 269 g/mol. The van der Waals surface area contributed by atoms with Gasteiger partial charge in [-0.2, -0.15) is 5.10 Å². The van der Waals surface area contributed by atoms with Crippen molar-refractivity contribution >= 4 is 5.78 Å². The minimum atomic E-state index is -0.208. The summed E-state index contributed by atoms with van der Waals surface area (Å²) < 4.78 is 1.47. The molecule has 102 valence electrons. The number of nitrogens with zero attached hydrogens (tertiary/aromatic N) is 3. The first kappa shape index (κ1) is 12.7. The monoisotopic (exact) mass is 269 g/mol. The SMILES string of the molecule is CC(=O)c1cc(=O)n(CC2CC2)nc1-c1ccncc1. The van der Waals surface area contributed by atoms with Crippen LogP contribution in [0.4, 0.5) is 0 Å². The Morgan fingerprint density at radius 3 is 2.65 bits per heavy atom. The van der Waals surface area contributed by atoms with Gasteiger partial charge in [-0.05, 0) is 37.8 Å². The fourth-order valence-corrected chi connectivity index (χ4v) is 2.16. The van der Waals surface area contributed by atoms with Crippen molar-refractivity contribution in [3.63, 3.8) is 0 Å². The highest BCUT2D eigenvalue weighted by atomic mass is 16.1. The third-order valence-corrected chi connectivity index (χ3v) is 3.46. The molecule has 0 saturated heterocycles. The van der Waals surface area contributed by atoms with Gasteiger partial charge in [0.15, 0.2) is 5.78 Å². The third-order valence-electron chi connectivity index (χ3n) is 3.46. The van der Waals surface area contributed by atoms with Crippen molar-refractivity contribution in [2.75, 3.05) is 0 Å². The van der Waals surface area contributed by atoms with Crippen LogP contribution in [-0.2, 0) is 6.54 Å². The number of Topliss-reactive ketones (excluding diaryl/α,β-unsaturated/α-hetero) is 1. The van der Waals surface area contributed by atoms with E-state index in [1.54, 1.807) is 24.5 Å².